The van der Waals surface area contributed by atoms with Crippen molar-refractivity contribution >= 4 is 64.2 Å². The summed E-state index contributed by atoms with van der Waals surface area (Å²) in [5.74, 6) is 0.731. The van der Waals surface area contributed by atoms with Crippen LogP contribution in [0.1, 0.15) is 25.0 Å². The van der Waals surface area contributed by atoms with Crippen LogP contribution >= 0.6 is 11.3 Å². The molecular formula is C47H31N3S. The van der Waals surface area contributed by atoms with Crippen molar-refractivity contribution in [2.45, 2.75) is 19.3 Å². The number of hydrogen-bond acceptors (Lipinski definition) is 3. The molecule has 0 radical (unpaired) electrons. The van der Waals surface area contributed by atoms with E-state index in [1.807, 2.05) is 29.5 Å². The fourth-order valence-corrected chi connectivity index (χ4v) is 10.1. The summed E-state index contributed by atoms with van der Waals surface area (Å²) in [5.41, 5.74) is 12.8. The van der Waals surface area contributed by atoms with Gasteiger partial charge in [0.1, 0.15) is 0 Å². The van der Waals surface area contributed by atoms with Gasteiger partial charge in [-0.05, 0) is 47.0 Å². The maximum absolute atomic E-state index is 5.24. The van der Waals surface area contributed by atoms with Crippen LogP contribution in [0.2, 0.25) is 0 Å². The molecule has 11 rings (SSSR count). The molecule has 3 heterocycles. The van der Waals surface area contributed by atoms with Crippen molar-refractivity contribution < 1.29 is 0 Å². The molecule has 1 aliphatic rings. The van der Waals surface area contributed by atoms with Crippen LogP contribution in [-0.4, -0.2) is 14.5 Å². The van der Waals surface area contributed by atoms with Crippen molar-refractivity contribution in [3.8, 4) is 39.5 Å². The third-order valence-corrected chi connectivity index (χ3v) is 12.1. The van der Waals surface area contributed by atoms with Gasteiger partial charge in [0.2, 0.25) is 0 Å². The molecule has 0 atom stereocenters. The van der Waals surface area contributed by atoms with Gasteiger partial charge in [0.25, 0.3) is 0 Å². The number of fused-ring (bicyclic) bond motifs is 13. The molecule has 7 aromatic carbocycles. The molecule has 4 heteroatoms. The summed E-state index contributed by atoms with van der Waals surface area (Å²) in [6, 6.07) is 54.5. The number of benzene rings is 7. The Morgan fingerprint density at radius 1 is 0.588 bits per heavy atom. The third-order valence-electron chi connectivity index (χ3n) is 10.9. The Labute approximate surface area is 299 Å². The van der Waals surface area contributed by atoms with Crippen molar-refractivity contribution in [3.05, 3.63) is 163 Å². The van der Waals surface area contributed by atoms with E-state index in [1.165, 1.54) is 64.2 Å². The van der Waals surface area contributed by atoms with E-state index in [4.69, 9.17) is 9.97 Å². The van der Waals surface area contributed by atoms with Gasteiger partial charge in [0.05, 0.1) is 22.2 Å². The van der Waals surface area contributed by atoms with Gasteiger partial charge >= 0.3 is 0 Å². The minimum atomic E-state index is -0.161. The topological polar surface area (TPSA) is 30.7 Å². The van der Waals surface area contributed by atoms with Gasteiger partial charge in [-0.15, -0.1) is 11.3 Å². The zero-order chi connectivity index (χ0) is 33.8. The van der Waals surface area contributed by atoms with Gasteiger partial charge in [0, 0.05) is 64.1 Å². The fourth-order valence-electron chi connectivity index (χ4n) is 8.73. The van der Waals surface area contributed by atoms with Crippen molar-refractivity contribution in [1.29, 1.82) is 0 Å². The van der Waals surface area contributed by atoms with Crippen LogP contribution < -0.4 is 0 Å². The average Bonchev–Trinajstić information content (AvgIpc) is 3.80. The van der Waals surface area contributed by atoms with Crippen molar-refractivity contribution in [1.82, 2.24) is 14.5 Å². The highest BCUT2D eigenvalue weighted by molar-refractivity contribution is 7.26. The van der Waals surface area contributed by atoms with Crippen LogP contribution in [-0.2, 0) is 5.41 Å². The summed E-state index contributed by atoms with van der Waals surface area (Å²) in [6.07, 6.45) is 0. The molecule has 51 heavy (non-hydrogen) atoms. The first-order chi connectivity index (χ1) is 25.1. The monoisotopic (exact) mass is 669 g/mol. The molecule has 0 fully saturated rings. The first kappa shape index (κ1) is 28.7. The summed E-state index contributed by atoms with van der Waals surface area (Å²) in [6.45, 7) is 4.81. The molecule has 0 spiro atoms. The van der Waals surface area contributed by atoms with Crippen LogP contribution in [0.3, 0.4) is 0 Å². The largest absolute Gasteiger partial charge is 0.309 e. The highest BCUT2D eigenvalue weighted by atomic mass is 32.1. The Bertz CT molecular complexity index is 3040. The molecule has 0 saturated carbocycles. The lowest BCUT2D eigenvalue weighted by Crippen LogP contribution is -2.15. The molecule has 0 bridgehead atoms. The third kappa shape index (κ3) is 3.94. The summed E-state index contributed by atoms with van der Waals surface area (Å²) >= 11 is 1.94. The van der Waals surface area contributed by atoms with E-state index in [-0.39, 0.29) is 5.41 Å². The maximum atomic E-state index is 5.24. The number of nitrogens with zero attached hydrogens (tertiary/aromatic N) is 3. The van der Waals surface area contributed by atoms with Crippen LogP contribution in [0, 0.1) is 0 Å². The predicted molar refractivity (Wildman–Crippen MR) is 215 cm³/mol. The smallest absolute Gasteiger partial charge is 0.160 e. The standard InChI is InChI=1S/C47H31N3S/c1-47(2)35-22-12-9-19-31(35)41-42(47)45-40(33-21-11-14-24-38(33)51-45)39-32-20-10-13-23-37(32)50(44(39)41)30-25-26-36-34(27-30)43(28-15-5-3-6-16-28)49-46(48-36)29-17-7-4-8-18-29/h3-27H,1-2H3. The highest BCUT2D eigenvalue weighted by Crippen LogP contribution is 2.58. The molecule has 3 aromatic heterocycles. The zero-order valence-electron chi connectivity index (χ0n) is 28.2. The Morgan fingerprint density at radius 3 is 2.10 bits per heavy atom. The van der Waals surface area contributed by atoms with E-state index in [2.05, 4.69) is 152 Å². The van der Waals surface area contributed by atoms with Gasteiger partial charge in [0.15, 0.2) is 5.82 Å². The molecule has 10 aromatic rings. The van der Waals surface area contributed by atoms with E-state index >= 15 is 0 Å². The Morgan fingerprint density at radius 2 is 1.27 bits per heavy atom. The van der Waals surface area contributed by atoms with Crippen LogP contribution in [0.15, 0.2) is 152 Å². The lowest BCUT2D eigenvalue weighted by atomic mass is 9.81. The van der Waals surface area contributed by atoms with Crippen molar-refractivity contribution in [2.24, 2.45) is 0 Å². The SMILES string of the molecule is CC1(C)c2ccccc2-c2c1c1sc3ccccc3c1c1c3ccccc3n(-c3ccc4nc(-c5ccccc5)nc(-c5ccccc5)c4c3)c21. The van der Waals surface area contributed by atoms with Gasteiger partial charge in [-0.3, -0.25) is 0 Å². The summed E-state index contributed by atoms with van der Waals surface area (Å²) in [7, 11) is 0. The van der Waals surface area contributed by atoms with E-state index in [1.54, 1.807) is 0 Å². The second-order valence-electron chi connectivity index (χ2n) is 14.1. The van der Waals surface area contributed by atoms with Crippen LogP contribution in [0.5, 0.6) is 0 Å². The first-order valence-electron chi connectivity index (χ1n) is 17.5. The molecule has 1 aliphatic carbocycles. The molecule has 240 valence electrons. The Hall–Kier alpha value is -6.10. The minimum Gasteiger partial charge on any atom is -0.309 e. The number of thiophene rings is 1. The summed E-state index contributed by atoms with van der Waals surface area (Å²) in [4.78, 5) is 10.4. The summed E-state index contributed by atoms with van der Waals surface area (Å²) < 4.78 is 5.25. The maximum Gasteiger partial charge on any atom is 0.160 e. The molecule has 0 saturated heterocycles. The molecule has 3 nitrogen and oxygen atoms in total. The second kappa shape index (κ2) is 10.5. The average molecular weight is 670 g/mol. The fraction of sp³-hybridized carbons (Fsp3) is 0.0638. The van der Waals surface area contributed by atoms with Crippen molar-refractivity contribution in [2.75, 3.05) is 0 Å². The van der Waals surface area contributed by atoms with Crippen LogP contribution in [0.25, 0.3) is 92.3 Å². The van der Waals surface area contributed by atoms with E-state index in [9.17, 15) is 0 Å². The number of rotatable bonds is 3. The molecule has 0 aliphatic heterocycles. The van der Waals surface area contributed by atoms with Crippen LogP contribution in [0.4, 0.5) is 0 Å². The highest BCUT2D eigenvalue weighted by Gasteiger charge is 2.40. The molecule has 0 amide bonds. The lowest BCUT2D eigenvalue weighted by Gasteiger charge is -2.22. The van der Waals surface area contributed by atoms with Gasteiger partial charge in [-0.1, -0.05) is 135 Å². The molecule has 0 unspecified atom stereocenters. The second-order valence-corrected chi connectivity index (χ2v) is 15.2. The first-order valence-corrected chi connectivity index (χ1v) is 18.3. The number of hydrogen-bond donors (Lipinski definition) is 0. The van der Waals surface area contributed by atoms with Gasteiger partial charge < -0.3 is 4.57 Å². The number of para-hydroxylation sites is 1. The lowest BCUT2D eigenvalue weighted by molar-refractivity contribution is 0.667. The predicted octanol–water partition coefficient (Wildman–Crippen LogP) is 12.7. The number of aromatic nitrogens is 3. The molecule has 0 N–H and O–H groups in total. The van der Waals surface area contributed by atoms with E-state index in [0.29, 0.717) is 0 Å². The Balaban J connectivity index is 1.32. The minimum absolute atomic E-state index is 0.161. The normalized spacial score (nSPS) is 13.5. The van der Waals surface area contributed by atoms with Gasteiger partial charge in [-0.2, -0.15) is 0 Å². The van der Waals surface area contributed by atoms with E-state index < -0.39 is 0 Å². The van der Waals surface area contributed by atoms with E-state index in [0.717, 1.165) is 39.2 Å². The quantitative estimate of drug-likeness (QED) is 0.187. The van der Waals surface area contributed by atoms with Crippen molar-refractivity contribution in [3.63, 3.8) is 0 Å². The van der Waals surface area contributed by atoms with Gasteiger partial charge in [-0.25, -0.2) is 9.97 Å². The zero-order valence-corrected chi connectivity index (χ0v) is 29.0. The summed E-state index contributed by atoms with van der Waals surface area (Å²) in [5, 5.41) is 6.31. The molecular weight excluding hydrogens is 639 g/mol. The Kier molecular flexibility index (Phi) is 5.89.